The summed E-state index contributed by atoms with van der Waals surface area (Å²) in [6, 6.07) is 0. The van der Waals surface area contributed by atoms with Crippen molar-refractivity contribution in [1.29, 1.82) is 0 Å². The summed E-state index contributed by atoms with van der Waals surface area (Å²) in [6.45, 7) is 2.08. The van der Waals surface area contributed by atoms with Crippen LogP contribution in [0.4, 0.5) is 0 Å². The molecule has 2 aliphatic heterocycles. The van der Waals surface area contributed by atoms with Crippen molar-refractivity contribution in [3.63, 3.8) is 0 Å². The van der Waals surface area contributed by atoms with Crippen LogP contribution in [0.3, 0.4) is 0 Å². The van der Waals surface area contributed by atoms with Crippen molar-refractivity contribution < 1.29 is 19.7 Å². The smallest absolute Gasteiger partial charge is 0.249 e. The molecule has 2 heterocycles. The van der Waals surface area contributed by atoms with Gasteiger partial charge in [-0.25, -0.2) is 0 Å². The third-order valence-electron chi connectivity index (χ3n) is 2.59. The fourth-order valence-electron chi connectivity index (χ4n) is 1.70. The van der Waals surface area contributed by atoms with Gasteiger partial charge in [0.25, 0.3) is 0 Å². The average molecular weight is 214 g/mol. The molecule has 6 heteroatoms. The number of hydrogen-bond donors (Lipinski definition) is 3. The fourth-order valence-corrected chi connectivity index (χ4v) is 1.70. The molecule has 0 aromatic rings. The van der Waals surface area contributed by atoms with E-state index in [2.05, 4.69) is 5.32 Å². The van der Waals surface area contributed by atoms with Gasteiger partial charge in [-0.3, -0.25) is 4.79 Å². The molecule has 1 amide bonds. The molecular weight excluding hydrogens is 200 g/mol. The molecule has 1 saturated heterocycles. The second-order valence-corrected chi connectivity index (χ2v) is 3.77. The molecule has 0 radical (unpaired) electrons. The molecule has 0 saturated carbocycles. The molecule has 2 rings (SSSR count). The van der Waals surface area contributed by atoms with Crippen molar-refractivity contribution in [2.45, 2.75) is 25.4 Å². The second kappa shape index (κ2) is 3.80. The van der Waals surface area contributed by atoms with Gasteiger partial charge in [0.05, 0.1) is 13.3 Å². The van der Waals surface area contributed by atoms with Gasteiger partial charge in [0.15, 0.2) is 6.23 Å². The van der Waals surface area contributed by atoms with Crippen LogP contribution < -0.4 is 5.32 Å². The van der Waals surface area contributed by atoms with Crippen molar-refractivity contribution in [2.75, 3.05) is 13.3 Å². The number of aliphatic hydroxyl groups excluding tert-OH is 2. The molecule has 3 N–H and O–H groups in total. The summed E-state index contributed by atoms with van der Waals surface area (Å²) >= 11 is 0. The zero-order valence-corrected chi connectivity index (χ0v) is 8.38. The third kappa shape index (κ3) is 1.83. The highest BCUT2D eigenvalue weighted by atomic mass is 16.5. The van der Waals surface area contributed by atoms with Gasteiger partial charge < -0.3 is 25.2 Å². The standard InChI is InChI=1S/C9H14N2O4/c1-5-2-11(4-10-8(5)14)9-7(13)6(12)3-15-9/h2,6-7,9,12-13H,3-4H2,1H3,(H,10,14). The van der Waals surface area contributed by atoms with Gasteiger partial charge in [-0.2, -0.15) is 0 Å². The predicted octanol–water partition coefficient (Wildman–Crippen LogP) is -1.64. The van der Waals surface area contributed by atoms with Crippen molar-refractivity contribution in [2.24, 2.45) is 0 Å². The number of amides is 1. The quantitative estimate of drug-likeness (QED) is 0.487. The number of rotatable bonds is 1. The Morgan fingerprint density at radius 1 is 1.60 bits per heavy atom. The van der Waals surface area contributed by atoms with Crippen LogP contribution in [0.2, 0.25) is 0 Å². The summed E-state index contributed by atoms with van der Waals surface area (Å²) in [5.41, 5.74) is 0.554. The highest BCUT2D eigenvalue weighted by molar-refractivity contribution is 5.93. The molecule has 6 nitrogen and oxygen atoms in total. The lowest BCUT2D eigenvalue weighted by molar-refractivity contribution is -0.121. The molecular formula is C9H14N2O4. The van der Waals surface area contributed by atoms with E-state index in [1.807, 2.05) is 0 Å². The van der Waals surface area contributed by atoms with Gasteiger partial charge in [-0.15, -0.1) is 0 Å². The molecule has 0 bridgehead atoms. The molecule has 0 spiro atoms. The van der Waals surface area contributed by atoms with Gasteiger partial charge in [0.1, 0.15) is 12.2 Å². The first-order valence-electron chi connectivity index (χ1n) is 4.79. The van der Waals surface area contributed by atoms with E-state index in [0.717, 1.165) is 0 Å². The zero-order chi connectivity index (χ0) is 11.0. The Kier molecular flexibility index (Phi) is 2.64. The van der Waals surface area contributed by atoms with Crippen LogP contribution in [0.5, 0.6) is 0 Å². The van der Waals surface area contributed by atoms with Crippen molar-refractivity contribution in [3.8, 4) is 0 Å². The van der Waals surface area contributed by atoms with Gasteiger partial charge in [0, 0.05) is 11.8 Å². The van der Waals surface area contributed by atoms with E-state index in [1.165, 1.54) is 0 Å². The molecule has 0 aromatic carbocycles. The Labute approximate surface area is 87.1 Å². The Morgan fingerprint density at radius 3 is 2.87 bits per heavy atom. The summed E-state index contributed by atoms with van der Waals surface area (Å²) in [5.74, 6) is -0.126. The van der Waals surface area contributed by atoms with E-state index in [0.29, 0.717) is 5.57 Å². The SMILES string of the molecule is CC1=CN(C2OCC(O)C2O)CNC1=O. The number of carbonyl (C=O) groups excluding carboxylic acids is 1. The van der Waals surface area contributed by atoms with Crippen molar-refractivity contribution in [1.82, 2.24) is 10.2 Å². The summed E-state index contributed by atoms with van der Waals surface area (Å²) < 4.78 is 5.23. The van der Waals surface area contributed by atoms with Crippen molar-refractivity contribution in [3.05, 3.63) is 11.8 Å². The lowest BCUT2D eigenvalue weighted by Gasteiger charge is -2.32. The molecule has 0 aromatic heterocycles. The maximum atomic E-state index is 11.1. The first-order valence-corrected chi connectivity index (χ1v) is 4.79. The number of carbonyl (C=O) groups is 1. The Morgan fingerprint density at radius 2 is 2.33 bits per heavy atom. The van der Waals surface area contributed by atoms with E-state index >= 15 is 0 Å². The number of ether oxygens (including phenoxy) is 1. The van der Waals surface area contributed by atoms with Crippen LogP contribution in [0.25, 0.3) is 0 Å². The first kappa shape index (κ1) is 10.4. The van der Waals surface area contributed by atoms with Gasteiger partial charge in [-0.1, -0.05) is 0 Å². The van der Waals surface area contributed by atoms with Crippen LogP contribution in [-0.2, 0) is 9.53 Å². The highest BCUT2D eigenvalue weighted by Gasteiger charge is 2.38. The van der Waals surface area contributed by atoms with Crippen LogP contribution in [0.1, 0.15) is 6.92 Å². The summed E-state index contributed by atoms with van der Waals surface area (Å²) in [6.07, 6.45) is -0.758. The molecule has 0 aliphatic carbocycles. The van der Waals surface area contributed by atoms with Crippen LogP contribution in [0, 0.1) is 0 Å². The summed E-state index contributed by atoms with van der Waals surface area (Å²) in [7, 11) is 0. The van der Waals surface area contributed by atoms with Crippen LogP contribution in [0.15, 0.2) is 11.8 Å². The number of hydrogen-bond acceptors (Lipinski definition) is 5. The summed E-state index contributed by atoms with van der Waals surface area (Å²) in [5, 5.41) is 21.6. The first-order chi connectivity index (χ1) is 7.09. The van der Waals surface area contributed by atoms with Crippen LogP contribution in [-0.4, -0.2) is 52.7 Å². The molecule has 84 valence electrons. The molecule has 3 atom stereocenters. The Hall–Kier alpha value is -1.11. The van der Waals surface area contributed by atoms with E-state index < -0.39 is 18.4 Å². The molecule has 3 unspecified atom stereocenters. The normalized spacial score (nSPS) is 36.5. The molecule has 1 fully saturated rings. The molecule has 15 heavy (non-hydrogen) atoms. The zero-order valence-electron chi connectivity index (χ0n) is 8.38. The van der Waals surface area contributed by atoms with Gasteiger partial charge >= 0.3 is 0 Å². The number of aliphatic hydroxyl groups is 2. The minimum Gasteiger partial charge on any atom is -0.388 e. The van der Waals surface area contributed by atoms with Crippen LogP contribution >= 0.6 is 0 Å². The average Bonchev–Trinajstić information content (AvgIpc) is 2.53. The lowest BCUT2D eigenvalue weighted by Crippen LogP contribution is -2.49. The fraction of sp³-hybridized carbons (Fsp3) is 0.667. The highest BCUT2D eigenvalue weighted by Crippen LogP contribution is 2.20. The monoisotopic (exact) mass is 214 g/mol. The third-order valence-corrected chi connectivity index (χ3v) is 2.59. The van der Waals surface area contributed by atoms with E-state index in [4.69, 9.17) is 4.74 Å². The van der Waals surface area contributed by atoms with Gasteiger partial charge in [0.2, 0.25) is 5.91 Å². The van der Waals surface area contributed by atoms with E-state index in [-0.39, 0.29) is 19.2 Å². The number of nitrogens with one attached hydrogen (secondary N) is 1. The largest absolute Gasteiger partial charge is 0.388 e. The minimum atomic E-state index is -0.941. The second-order valence-electron chi connectivity index (χ2n) is 3.77. The van der Waals surface area contributed by atoms with E-state index in [9.17, 15) is 15.0 Å². The predicted molar refractivity (Wildman–Crippen MR) is 50.4 cm³/mol. The lowest BCUT2D eigenvalue weighted by atomic mass is 10.2. The minimum absolute atomic E-state index is 0.114. The molecule has 2 aliphatic rings. The summed E-state index contributed by atoms with van der Waals surface area (Å²) in [4.78, 5) is 12.8. The van der Waals surface area contributed by atoms with Gasteiger partial charge in [-0.05, 0) is 6.92 Å². The Bertz CT molecular complexity index is 304. The topological polar surface area (TPSA) is 82.0 Å². The maximum absolute atomic E-state index is 11.1. The van der Waals surface area contributed by atoms with Crippen molar-refractivity contribution >= 4 is 5.91 Å². The van der Waals surface area contributed by atoms with E-state index in [1.54, 1.807) is 18.0 Å². The number of nitrogens with zero attached hydrogens (tertiary/aromatic N) is 1. The Balaban J connectivity index is 2.09. The maximum Gasteiger partial charge on any atom is 0.249 e.